The van der Waals surface area contributed by atoms with Crippen molar-refractivity contribution in [2.45, 2.75) is 232 Å². The third-order valence-electron chi connectivity index (χ3n) is 11.5. The van der Waals surface area contributed by atoms with Crippen LogP contribution in [0.1, 0.15) is 226 Å². The smallest absolute Gasteiger partial charge is 0.310 e. The summed E-state index contributed by atoms with van der Waals surface area (Å²) in [6.45, 7) is 6.16. The summed E-state index contributed by atoms with van der Waals surface area (Å²) in [6, 6.07) is 0. The van der Waals surface area contributed by atoms with Crippen LogP contribution in [0.5, 0.6) is 0 Å². The number of hydrogen-bond donors (Lipinski definition) is 0. The van der Waals surface area contributed by atoms with Crippen molar-refractivity contribution in [2.75, 3.05) is 13.2 Å². The van der Waals surface area contributed by atoms with E-state index < -0.39 is 12.1 Å². The third kappa shape index (κ3) is 57.8. The molecule has 0 N–H and O–H groups in total. The molecule has 1 unspecified atom stereocenters. The molecule has 0 aromatic heterocycles. The Kier molecular flexibility index (Phi) is 55.5. The van der Waals surface area contributed by atoms with Crippen molar-refractivity contribution in [1.82, 2.24) is 0 Å². The van der Waals surface area contributed by atoms with E-state index >= 15 is 0 Å². The molecule has 1 atom stereocenters. The molecule has 0 rings (SSSR count). The van der Waals surface area contributed by atoms with Gasteiger partial charge in [0.15, 0.2) is 6.10 Å². The van der Waals surface area contributed by atoms with Gasteiger partial charge in [-0.3, -0.25) is 14.4 Å². The van der Waals surface area contributed by atoms with Crippen LogP contribution in [0, 0.1) is 0 Å². The van der Waals surface area contributed by atoms with Crippen LogP contribution in [0.15, 0.2) is 158 Å². The molecule has 0 aromatic rings. The van der Waals surface area contributed by atoms with Gasteiger partial charge < -0.3 is 14.2 Å². The highest BCUT2D eigenvalue weighted by Crippen LogP contribution is 2.14. The summed E-state index contributed by atoms with van der Waals surface area (Å²) in [5.41, 5.74) is 0. The van der Waals surface area contributed by atoms with Crippen molar-refractivity contribution in [3.8, 4) is 0 Å². The van der Waals surface area contributed by atoms with E-state index in [1.54, 1.807) is 6.08 Å². The first kappa shape index (κ1) is 68.0. The van der Waals surface area contributed by atoms with Crippen LogP contribution in [0.4, 0.5) is 0 Å². The summed E-state index contributed by atoms with van der Waals surface area (Å²) in [5.74, 6) is -1.12. The minimum atomic E-state index is -0.858. The number of rotatable bonds is 50. The van der Waals surface area contributed by atoms with Crippen molar-refractivity contribution in [3.63, 3.8) is 0 Å². The van der Waals surface area contributed by atoms with Crippen molar-refractivity contribution >= 4 is 17.9 Å². The highest BCUT2D eigenvalue weighted by molar-refractivity contribution is 5.72. The van der Waals surface area contributed by atoms with Crippen molar-refractivity contribution in [2.24, 2.45) is 0 Å². The van der Waals surface area contributed by atoms with Gasteiger partial charge in [-0.2, -0.15) is 0 Å². The number of allylic oxidation sites excluding steroid dienone is 25. The number of esters is 3. The zero-order chi connectivity index (χ0) is 52.9. The highest BCUT2D eigenvalue weighted by atomic mass is 16.6. The maximum Gasteiger partial charge on any atom is 0.310 e. The maximum atomic E-state index is 12.8. The predicted molar refractivity (Wildman–Crippen MR) is 315 cm³/mol. The molecule has 0 radical (unpaired) electrons. The summed E-state index contributed by atoms with van der Waals surface area (Å²) < 4.78 is 16.7. The number of carbonyl (C=O) groups is 3. The summed E-state index contributed by atoms with van der Waals surface area (Å²) >= 11 is 0. The van der Waals surface area contributed by atoms with Gasteiger partial charge in [-0.25, -0.2) is 0 Å². The SMILES string of the molecule is CC/C=C\C/C=C\C/C=C\C/C=C\C/C=C\CC(=O)OC(COC(=O)CCCC/C=C\C/C=C\C/C=C\C/C=C\CC)COC(=O)CCCCCCCCCCCCCC/C=C\C/C=C\C/C=C\C/C=C\CC. The van der Waals surface area contributed by atoms with E-state index in [0.717, 1.165) is 109 Å². The van der Waals surface area contributed by atoms with Gasteiger partial charge in [0.25, 0.3) is 0 Å². The predicted octanol–water partition coefficient (Wildman–Crippen LogP) is 19.8. The summed E-state index contributed by atoms with van der Waals surface area (Å²) in [6.07, 6.45) is 87.0. The van der Waals surface area contributed by atoms with Gasteiger partial charge in [0.1, 0.15) is 13.2 Å². The minimum absolute atomic E-state index is 0.0803. The molecule has 73 heavy (non-hydrogen) atoms. The van der Waals surface area contributed by atoms with E-state index in [1.165, 1.54) is 64.2 Å². The van der Waals surface area contributed by atoms with Crippen LogP contribution < -0.4 is 0 Å². The van der Waals surface area contributed by atoms with Crippen LogP contribution in [0.3, 0.4) is 0 Å². The molecule has 0 saturated heterocycles. The molecule has 0 aliphatic carbocycles. The molecular formula is C67H104O6. The molecule has 408 valence electrons. The number of carbonyl (C=O) groups excluding carboxylic acids is 3. The van der Waals surface area contributed by atoms with Gasteiger partial charge in [0.05, 0.1) is 6.42 Å². The Hall–Kier alpha value is -4.97. The van der Waals surface area contributed by atoms with Crippen molar-refractivity contribution in [3.05, 3.63) is 158 Å². The van der Waals surface area contributed by atoms with Gasteiger partial charge in [-0.05, 0) is 122 Å². The molecule has 0 bridgehead atoms. The zero-order valence-corrected chi connectivity index (χ0v) is 46.6. The molecule has 0 aromatic carbocycles. The molecule has 0 aliphatic rings. The topological polar surface area (TPSA) is 78.9 Å². The molecule has 0 heterocycles. The zero-order valence-electron chi connectivity index (χ0n) is 46.6. The standard InChI is InChI=1S/C67H104O6/c1-4-7-10-13-16-19-22-25-28-29-30-31-32-33-34-35-36-37-40-42-45-48-51-54-57-60-66(69)72-63-64(73-67(70)61-58-55-52-49-46-43-39-27-24-21-18-15-12-9-6-3)62-71-65(68)59-56-53-50-47-44-41-38-26-23-20-17-14-11-8-5-2/h7-12,16-21,25-28,30-31,38-39,44,46-47,49,55,58,64H,4-6,13-15,22-24,29,32-37,40-43,45,48,50-54,56-57,59-63H2,1-3H3/b10-7-,11-8-,12-9-,19-16-,20-17-,21-18-,28-25-,31-30-,38-26-,39-27-,47-44-,49-46-,58-55-. The molecule has 0 saturated carbocycles. The number of hydrogen-bond acceptors (Lipinski definition) is 6. The lowest BCUT2D eigenvalue weighted by Gasteiger charge is -2.18. The molecule has 0 amide bonds. The minimum Gasteiger partial charge on any atom is -0.462 e. The summed E-state index contributed by atoms with van der Waals surface area (Å²) in [7, 11) is 0. The number of ether oxygens (including phenoxy) is 3. The summed E-state index contributed by atoms with van der Waals surface area (Å²) in [4.78, 5) is 38.1. The first-order valence-electron chi connectivity index (χ1n) is 29.0. The molecule has 6 heteroatoms. The molecule has 0 aliphatic heterocycles. The van der Waals surface area contributed by atoms with Gasteiger partial charge in [0, 0.05) is 12.8 Å². The van der Waals surface area contributed by atoms with Crippen LogP contribution >= 0.6 is 0 Å². The second kappa shape index (κ2) is 59.6. The lowest BCUT2D eigenvalue weighted by molar-refractivity contribution is -0.166. The van der Waals surface area contributed by atoms with E-state index in [0.29, 0.717) is 19.3 Å². The van der Waals surface area contributed by atoms with E-state index in [-0.39, 0.29) is 38.0 Å². The van der Waals surface area contributed by atoms with Crippen LogP contribution in [-0.4, -0.2) is 37.2 Å². The quantitative estimate of drug-likeness (QED) is 0.0261. The van der Waals surface area contributed by atoms with Crippen LogP contribution in [0.2, 0.25) is 0 Å². The fraction of sp³-hybridized carbons (Fsp3) is 0.567. The van der Waals surface area contributed by atoms with Crippen LogP contribution in [-0.2, 0) is 28.6 Å². The Balaban J connectivity index is 4.47. The van der Waals surface area contributed by atoms with Crippen molar-refractivity contribution < 1.29 is 28.6 Å². The average Bonchev–Trinajstić information content (AvgIpc) is 3.39. The summed E-state index contributed by atoms with van der Waals surface area (Å²) in [5, 5.41) is 0. The third-order valence-corrected chi connectivity index (χ3v) is 11.5. The molecular weight excluding hydrogens is 901 g/mol. The first-order chi connectivity index (χ1) is 36.0. The Labute approximate surface area is 448 Å². The maximum absolute atomic E-state index is 12.8. The van der Waals surface area contributed by atoms with Crippen molar-refractivity contribution in [1.29, 1.82) is 0 Å². The van der Waals surface area contributed by atoms with E-state index in [9.17, 15) is 14.4 Å². The Morgan fingerprint density at radius 2 is 0.534 bits per heavy atom. The normalized spacial score (nSPS) is 13.3. The fourth-order valence-electron chi connectivity index (χ4n) is 7.32. The number of unbranched alkanes of at least 4 members (excludes halogenated alkanes) is 14. The first-order valence-corrected chi connectivity index (χ1v) is 29.0. The lowest BCUT2D eigenvalue weighted by atomic mass is 10.0. The Bertz CT molecular complexity index is 1670. The molecule has 0 spiro atoms. The molecule has 0 fully saturated rings. The van der Waals surface area contributed by atoms with Gasteiger partial charge in [-0.15, -0.1) is 0 Å². The van der Waals surface area contributed by atoms with E-state index in [4.69, 9.17) is 14.2 Å². The largest absolute Gasteiger partial charge is 0.462 e. The average molecular weight is 1010 g/mol. The highest BCUT2D eigenvalue weighted by Gasteiger charge is 2.19. The van der Waals surface area contributed by atoms with E-state index in [2.05, 4.69) is 167 Å². The second-order valence-corrected chi connectivity index (χ2v) is 18.4. The van der Waals surface area contributed by atoms with Gasteiger partial charge >= 0.3 is 17.9 Å². The molecule has 6 nitrogen and oxygen atoms in total. The monoisotopic (exact) mass is 1000 g/mol. The van der Waals surface area contributed by atoms with Gasteiger partial charge in [-0.1, -0.05) is 243 Å². The Morgan fingerprint density at radius 1 is 0.288 bits per heavy atom. The Morgan fingerprint density at radius 3 is 0.863 bits per heavy atom. The fourth-order valence-corrected chi connectivity index (χ4v) is 7.32. The van der Waals surface area contributed by atoms with Crippen LogP contribution in [0.25, 0.3) is 0 Å². The van der Waals surface area contributed by atoms with E-state index in [1.807, 2.05) is 6.08 Å². The second-order valence-electron chi connectivity index (χ2n) is 18.4. The van der Waals surface area contributed by atoms with Gasteiger partial charge in [0.2, 0.25) is 0 Å². The lowest BCUT2D eigenvalue weighted by Crippen LogP contribution is -2.30.